The van der Waals surface area contributed by atoms with Crippen LogP contribution in [0.2, 0.25) is 0 Å². The lowest BCUT2D eigenvalue weighted by Gasteiger charge is -2.30. The molecule has 4 heterocycles. The molecule has 0 bridgehead atoms. The van der Waals surface area contributed by atoms with Crippen molar-refractivity contribution in [3.8, 4) is 17.5 Å². The largest absolute Gasteiger partial charge is 0.369 e. The summed E-state index contributed by atoms with van der Waals surface area (Å²) >= 11 is 0. The number of hydrogen-bond donors (Lipinski definition) is 2. The third-order valence-electron chi connectivity index (χ3n) is 5.53. The van der Waals surface area contributed by atoms with Gasteiger partial charge in [0.05, 0.1) is 30.2 Å². The van der Waals surface area contributed by atoms with Gasteiger partial charge in [0, 0.05) is 46.8 Å². The first kappa shape index (κ1) is 19.7. The summed E-state index contributed by atoms with van der Waals surface area (Å²) in [5.74, 6) is 0.342. The molecular formula is C21H20N6O3S. The minimum absolute atomic E-state index is 0.0148. The molecule has 0 amide bonds. The van der Waals surface area contributed by atoms with E-state index in [4.69, 9.17) is 9.72 Å². The molecule has 31 heavy (non-hydrogen) atoms. The summed E-state index contributed by atoms with van der Waals surface area (Å²) in [4.78, 5) is 12.6. The van der Waals surface area contributed by atoms with Crippen molar-refractivity contribution in [1.82, 2.24) is 24.2 Å². The van der Waals surface area contributed by atoms with E-state index in [1.165, 1.54) is 6.20 Å². The molecule has 4 aromatic rings. The zero-order valence-corrected chi connectivity index (χ0v) is 17.8. The van der Waals surface area contributed by atoms with E-state index in [0.29, 0.717) is 34.6 Å². The predicted octanol–water partition coefficient (Wildman–Crippen LogP) is 2.31. The number of hydrogen-bond acceptors (Lipinski definition) is 7. The summed E-state index contributed by atoms with van der Waals surface area (Å²) in [7, 11) is -3.58. The predicted molar refractivity (Wildman–Crippen MR) is 116 cm³/mol. The zero-order chi connectivity index (χ0) is 21.8. The van der Waals surface area contributed by atoms with Crippen LogP contribution < -0.4 is 5.32 Å². The number of rotatable bonds is 3. The number of aromatic nitrogens is 4. The molecule has 2 N–H and O–H groups in total. The van der Waals surface area contributed by atoms with Crippen molar-refractivity contribution in [2.24, 2.45) is 0 Å². The molecule has 1 aliphatic heterocycles. The lowest BCUT2D eigenvalue weighted by molar-refractivity contribution is -0.00182. The topological polar surface area (TPSA) is 126 Å². The van der Waals surface area contributed by atoms with E-state index >= 15 is 0 Å². The standard InChI is InChI=1S/C21H20N6O3S/c1-12-19(30-8-6-23-12)18-15-4-7-27(31(2,28)29)21(15)26-20(25-18)16-9-13(11-22)10-17-14(16)3-5-24-17/h3-5,7,9-10,12,19,23-24H,6,8H2,1-2H3/t12?,19-/m1/s1. The molecule has 0 aliphatic carbocycles. The molecule has 1 unspecified atom stereocenters. The van der Waals surface area contributed by atoms with Gasteiger partial charge in [-0.15, -0.1) is 0 Å². The summed E-state index contributed by atoms with van der Waals surface area (Å²) in [6, 6.07) is 9.21. The van der Waals surface area contributed by atoms with Gasteiger partial charge in [0.25, 0.3) is 0 Å². The van der Waals surface area contributed by atoms with Gasteiger partial charge in [-0.3, -0.25) is 0 Å². The van der Waals surface area contributed by atoms with Crippen molar-refractivity contribution in [3.05, 3.63) is 47.9 Å². The number of H-pyrrole nitrogens is 1. The van der Waals surface area contributed by atoms with Gasteiger partial charge in [0.2, 0.25) is 10.0 Å². The van der Waals surface area contributed by atoms with Crippen molar-refractivity contribution in [2.45, 2.75) is 19.1 Å². The Morgan fingerprint density at radius 1 is 1.26 bits per heavy atom. The maximum absolute atomic E-state index is 12.4. The highest BCUT2D eigenvalue weighted by atomic mass is 32.2. The molecule has 0 saturated carbocycles. The molecule has 0 radical (unpaired) electrons. The quantitative estimate of drug-likeness (QED) is 0.505. The molecule has 1 fully saturated rings. The molecule has 158 valence electrons. The van der Waals surface area contributed by atoms with Gasteiger partial charge >= 0.3 is 0 Å². The van der Waals surface area contributed by atoms with Crippen LogP contribution in [0.3, 0.4) is 0 Å². The van der Waals surface area contributed by atoms with Crippen LogP contribution in [0.15, 0.2) is 36.7 Å². The summed E-state index contributed by atoms with van der Waals surface area (Å²) in [6.07, 6.45) is 4.04. The monoisotopic (exact) mass is 436 g/mol. The second kappa shape index (κ2) is 7.16. The minimum Gasteiger partial charge on any atom is -0.369 e. The summed E-state index contributed by atoms with van der Waals surface area (Å²) < 4.78 is 32.0. The van der Waals surface area contributed by atoms with Crippen LogP contribution >= 0.6 is 0 Å². The molecule has 1 aromatic carbocycles. The van der Waals surface area contributed by atoms with E-state index in [-0.39, 0.29) is 17.8 Å². The van der Waals surface area contributed by atoms with E-state index in [1.54, 1.807) is 24.4 Å². The van der Waals surface area contributed by atoms with E-state index in [9.17, 15) is 13.7 Å². The van der Waals surface area contributed by atoms with Gasteiger partial charge in [-0.2, -0.15) is 5.26 Å². The fourth-order valence-corrected chi connectivity index (χ4v) is 4.81. The first-order chi connectivity index (χ1) is 14.9. The molecular weight excluding hydrogens is 416 g/mol. The summed E-state index contributed by atoms with van der Waals surface area (Å²) in [6.45, 7) is 3.26. The number of ether oxygens (including phenoxy) is 1. The molecule has 1 aliphatic rings. The third-order valence-corrected chi connectivity index (χ3v) is 6.54. The van der Waals surface area contributed by atoms with Crippen molar-refractivity contribution >= 4 is 32.0 Å². The highest BCUT2D eigenvalue weighted by molar-refractivity contribution is 7.89. The Morgan fingerprint density at radius 3 is 2.84 bits per heavy atom. The average Bonchev–Trinajstić information content (AvgIpc) is 3.39. The molecule has 0 spiro atoms. The SMILES string of the molecule is CC1NCCO[C@H]1c1nc(-c2cc(C#N)cc3[nH]ccc23)nc2c1ccn2S(C)(=O)=O. The smallest absolute Gasteiger partial charge is 0.237 e. The molecule has 2 atom stereocenters. The van der Waals surface area contributed by atoms with E-state index in [0.717, 1.165) is 27.7 Å². The number of nitriles is 1. The van der Waals surface area contributed by atoms with E-state index < -0.39 is 10.0 Å². The molecule has 3 aromatic heterocycles. The highest BCUT2D eigenvalue weighted by Gasteiger charge is 2.29. The fourth-order valence-electron chi connectivity index (χ4n) is 4.08. The highest BCUT2D eigenvalue weighted by Crippen LogP contribution is 2.34. The average molecular weight is 436 g/mol. The number of aromatic amines is 1. The number of nitrogens with zero attached hydrogens (tertiary/aromatic N) is 4. The van der Waals surface area contributed by atoms with Crippen LogP contribution in [-0.2, 0) is 14.8 Å². The Kier molecular flexibility index (Phi) is 4.55. The van der Waals surface area contributed by atoms with Crippen LogP contribution in [0.1, 0.15) is 24.3 Å². The second-order valence-electron chi connectivity index (χ2n) is 7.65. The first-order valence-corrected chi connectivity index (χ1v) is 11.7. The number of fused-ring (bicyclic) bond motifs is 2. The zero-order valence-electron chi connectivity index (χ0n) is 17.0. The maximum atomic E-state index is 12.4. The van der Waals surface area contributed by atoms with Gasteiger partial charge in [-0.25, -0.2) is 22.4 Å². The molecule has 1 saturated heterocycles. The van der Waals surface area contributed by atoms with Crippen LogP contribution in [0.5, 0.6) is 0 Å². The van der Waals surface area contributed by atoms with Gasteiger partial charge in [-0.05, 0) is 31.2 Å². The Balaban J connectivity index is 1.84. The number of morpholine rings is 1. The second-order valence-corrected chi connectivity index (χ2v) is 9.51. The Hall–Kier alpha value is -3.26. The minimum atomic E-state index is -3.58. The fraction of sp³-hybridized carbons (Fsp3) is 0.286. The van der Waals surface area contributed by atoms with Gasteiger partial charge in [-0.1, -0.05) is 0 Å². The van der Waals surface area contributed by atoms with Crippen molar-refractivity contribution in [1.29, 1.82) is 5.26 Å². The normalized spacial score (nSPS) is 19.6. The van der Waals surface area contributed by atoms with Crippen molar-refractivity contribution in [2.75, 3.05) is 19.4 Å². The first-order valence-electron chi connectivity index (χ1n) is 9.83. The van der Waals surface area contributed by atoms with Crippen molar-refractivity contribution in [3.63, 3.8) is 0 Å². The lowest BCUT2D eigenvalue weighted by Crippen LogP contribution is -2.41. The van der Waals surface area contributed by atoms with E-state index in [2.05, 4.69) is 21.4 Å². The maximum Gasteiger partial charge on any atom is 0.237 e. The Labute approximate surface area is 178 Å². The molecule has 9 nitrogen and oxygen atoms in total. The van der Waals surface area contributed by atoms with Crippen molar-refractivity contribution < 1.29 is 13.2 Å². The van der Waals surface area contributed by atoms with Crippen LogP contribution in [-0.4, -0.2) is 52.8 Å². The molecule has 5 rings (SSSR count). The number of benzene rings is 1. The van der Waals surface area contributed by atoms with Gasteiger partial charge < -0.3 is 15.0 Å². The van der Waals surface area contributed by atoms with Crippen LogP contribution in [0.25, 0.3) is 33.3 Å². The Bertz CT molecular complexity index is 1460. The third kappa shape index (κ3) is 3.27. The van der Waals surface area contributed by atoms with Gasteiger partial charge in [0.1, 0.15) is 6.10 Å². The van der Waals surface area contributed by atoms with Crippen LogP contribution in [0, 0.1) is 11.3 Å². The summed E-state index contributed by atoms with van der Waals surface area (Å²) in [5, 5.41) is 14.3. The lowest BCUT2D eigenvalue weighted by atomic mass is 10.0. The van der Waals surface area contributed by atoms with E-state index in [1.807, 2.05) is 13.0 Å². The number of nitrogens with one attached hydrogen (secondary N) is 2. The van der Waals surface area contributed by atoms with Crippen LogP contribution in [0.4, 0.5) is 0 Å². The van der Waals surface area contributed by atoms with Gasteiger partial charge in [0.15, 0.2) is 11.5 Å². The summed E-state index contributed by atoms with van der Waals surface area (Å²) in [5.41, 5.74) is 2.79. The Morgan fingerprint density at radius 2 is 2.10 bits per heavy atom. The molecule has 10 heteroatoms.